The maximum absolute atomic E-state index is 12.5. The summed E-state index contributed by atoms with van der Waals surface area (Å²) in [5, 5.41) is 2.98. The number of carbonyl (C=O) groups is 1. The van der Waals surface area contributed by atoms with E-state index in [-0.39, 0.29) is 6.03 Å². The van der Waals surface area contributed by atoms with E-state index < -0.39 is 0 Å². The highest BCUT2D eigenvalue weighted by Crippen LogP contribution is 2.03. The molecule has 0 aliphatic rings. The van der Waals surface area contributed by atoms with Crippen molar-refractivity contribution in [1.29, 1.82) is 0 Å². The Hall–Kier alpha value is -2.47. The van der Waals surface area contributed by atoms with Crippen LogP contribution < -0.4 is 5.32 Å². The fourth-order valence-corrected chi connectivity index (χ4v) is 2.24. The molecule has 0 fully saturated rings. The quantitative estimate of drug-likeness (QED) is 0.803. The fourth-order valence-electron chi connectivity index (χ4n) is 2.24. The number of nitrogens with one attached hydrogen (secondary N) is 1. The van der Waals surface area contributed by atoms with E-state index in [9.17, 15) is 4.79 Å². The monoisotopic (exact) mass is 327 g/mol. The highest BCUT2D eigenvalue weighted by Gasteiger charge is 2.14. The summed E-state index contributed by atoms with van der Waals surface area (Å²) >= 11 is 0. The van der Waals surface area contributed by atoms with Crippen molar-refractivity contribution in [1.82, 2.24) is 25.1 Å². The summed E-state index contributed by atoms with van der Waals surface area (Å²) < 4.78 is 0. The lowest BCUT2D eigenvalue weighted by Gasteiger charge is -2.24. The van der Waals surface area contributed by atoms with Crippen molar-refractivity contribution < 1.29 is 4.79 Å². The van der Waals surface area contributed by atoms with Crippen LogP contribution in [0.4, 0.5) is 4.79 Å². The van der Waals surface area contributed by atoms with Gasteiger partial charge in [-0.15, -0.1) is 0 Å². The summed E-state index contributed by atoms with van der Waals surface area (Å²) in [5.74, 6) is 0. The number of carbonyl (C=O) groups excluding carboxylic acids is 1. The Morgan fingerprint density at radius 1 is 1.12 bits per heavy atom. The zero-order chi connectivity index (χ0) is 17.2. The third-order valence-electron chi connectivity index (χ3n) is 3.58. The lowest BCUT2D eigenvalue weighted by molar-refractivity contribution is 0.189. The molecule has 1 N–H and O–H groups in total. The standard InChI is InChI=1S/C18H25N5O/c1-22(2)12-13-23(15-16-6-5-9-19-14-16)18(24)21-11-8-17-7-3-4-10-20-17/h3-7,9-10,14H,8,11-13,15H2,1-2H3,(H,21,24). The summed E-state index contributed by atoms with van der Waals surface area (Å²) in [5.41, 5.74) is 2.00. The van der Waals surface area contributed by atoms with E-state index in [1.54, 1.807) is 18.6 Å². The number of likely N-dealkylation sites (N-methyl/N-ethyl adjacent to an activating group) is 1. The Labute approximate surface area is 143 Å². The van der Waals surface area contributed by atoms with Gasteiger partial charge < -0.3 is 15.1 Å². The molecule has 0 bridgehead atoms. The van der Waals surface area contributed by atoms with E-state index in [4.69, 9.17) is 0 Å². The maximum atomic E-state index is 12.5. The van der Waals surface area contributed by atoms with Gasteiger partial charge in [-0.3, -0.25) is 9.97 Å². The van der Waals surface area contributed by atoms with Gasteiger partial charge in [-0.1, -0.05) is 12.1 Å². The molecule has 0 spiro atoms. The van der Waals surface area contributed by atoms with Gasteiger partial charge in [-0.2, -0.15) is 0 Å². The number of aromatic nitrogens is 2. The van der Waals surface area contributed by atoms with Crippen LogP contribution in [0.2, 0.25) is 0 Å². The summed E-state index contributed by atoms with van der Waals surface area (Å²) in [6.45, 7) is 2.60. The van der Waals surface area contributed by atoms with E-state index in [2.05, 4.69) is 20.2 Å². The van der Waals surface area contributed by atoms with Gasteiger partial charge in [0, 0.05) is 56.9 Å². The second kappa shape index (κ2) is 9.62. The molecule has 6 heteroatoms. The first-order chi connectivity index (χ1) is 11.6. The van der Waals surface area contributed by atoms with Crippen molar-refractivity contribution in [3.8, 4) is 0 Å². The highest BCUT2D eigenvalue weighted by atomic mass is 16.2. The van der Waals surface area contributed by atoms with Gasteiger partial charge in [0.15, 0.2) is 0 Å². The molecule has 2 aromatic heterocycles. The van der Waals surface area contributed by atoms with E-state index in [0.29, 0.717) is 19.6 Å². The van der Waals surface area contributed by atoms with Crippen LogP contribution in [-0.2, 0) is 13.0 Å². The van der Waals surface area contributed by atoms with Crippen LogP contribution in [0.1, 0.15) is 11.3 Å². The maximum Gasteiger partial charge on any atom is 0.317 e. The minimum atomic E-state index is -0.0587. The van der Waals surface area contributed by atoms with Crippen LogP contribution in [-0.4, -0.2) is 59.5 Å². The Morgan fingerprint density at radius 3 is 2.67 bits per heavy atom. The molecule has 0 aromatic carbocycles. The minimum absolute atomic E-state index is 0.0587. The lowest BCUT2D eigenvalue weighted by atomic mass is 10.2. The molecule has 0 aliphatic carbocycles. The SMILES string of the molecule is CN(C)CCN(Cc1cccnc1)C(=O)NCCc1ccccn1. The van der Waals surface area contributed by atoms with Crippen molar-refractivity contribution in [3.05, 3.63) is 60.2 Å². The molecule has 0 saturated carbocycles. The smallest absolute Gasteiger partial charge is 0.317 e. The van der Waals surface area contributed by atoms with Crippen molar-refractivity contribution in [3.63, 3.8) is 0 Å². The first-order valence-corrected chi connectivity index (χ1v) is 8.11. The summed E-state index contributed by atoms with van der Waals surface area (Å²) in [6, 6.07) is 9.62. The molecule has 2 rings (SSSR count). The largest absolute Gasteiger partial charge is 0.338 e. The van der Waals surface area contributed by atoms with E-state index in [0.717, 1.165) is 24.2 Å². The second-order valence-electron chi connectivity index (χ2n) is 5.89. The molecule has 0 aliphatic heterocycles. The van der Waals surface area contributed by atoms with Crippen LogP contribution in [0.15, 0.2) is 48.9 Å². The van der Waals surface area contributed by atoms with Crippen molar-refractivity contribution in [2.24, 2.45) is 0 Å². The molecule has 128 valence electrons. The third-order valence-corrected chi connectivity index (χ3v) is 3.58. The molecule has 0 atom stereocenters. The number of hydrogen-bond donors (Lipinski definition) is 1. The third kappa shape index (κ3) is 6.34. The molecule has 2 aromatic rings. The first kappa shape index (κ1) is 17.9. The molecule has 2 heterocycles. The van der Waals surface area contributed by atoms with Crippen molar-refractivity contribution >= 4 is 6.03 Å². The zero-order valence-corrected chi connectivity index (χ0v) is 14.4. The summed E-state index contributed by atoms with van der Waals surface area (Å²) in [6.07, 6.45) is 6.02. The number of rotatable bonds is 8. The number of pyridine rings is 2. The minimum Gasteiger partial charge on any atom is -0.338 e. The molecule has 6 nitrogen and oxygen atoms in total. The Kier molecular flexibility index (Phi) is 7.17. The Morgan fingerprint density at radius 2 is 2.00 bits per heavy atom. The van der Waals surface area contributed by atoms with E-state index >= 15 is 0 Å². The molecule has 24 heavy (non-hydrogen) atoms. The average molecular weight is 327 g/mol. The molecule has 0 unspecified atom stereocenters. The number of amides is 2. The summed E-state index contributed by atoms with van der Waals surface area (Å²) in [7, 11) is 4.00. The number of nitrogens with zero attached hydrogens (tertiary/aromatic N) is 4. The predicted octanol–water partition coefficient (Wildman–Crippen LogP) is 1.79. The van der Waals surface area contributed by atoms with Gasteiger partial charge in [0.05, 0.1) is 0 Å². The van der Waals surface area contributed by atoms with Gasteiger partial charge >= 0.3 is 6.03 Å². The van der Waals surface area contributed by atoms with Gasteiger partial charge in [0.25, 0.3) is 0 Å². The Bertz CT molecular complexity index is 603. The van der Waals surface area contributed by atoms with Crippen molar-refractivity contribution in [2.45, 2.75) is 13.0 Å². The van der Waals surface area contributed by atoms with Crippen molar-refractivity contribution in [2.75, 3.05) is 33.7 Å². The molecule has 0 saturated heterocycles. The second-order valence-corrected chi connectivity index (χ2v) is 5.89. The van der Waals surface area contributed by atoms with Crippen LogP contribution in [0.25, 0.3) is 0 Å². The molecule has 2 amide bonds. The van der Waals surface area contributed by atoms with Gasteiger partial charge in [0.1, 0.15) is 0 Å². The van der Waals surface area contributed by atoms with Crippen LogP contribution >= 0.6 is 0 Å². The number of urea groups is 1. The van der Waals surface area contributed by atoms with Crippen LogP contribution in [0.5, 0.6) is 0 Å². The molecular formula is C18H25N5O. The summed E-state index contributed by atoms with van der Waals surface area (Å²) in [4.78, 5) is 24.8. The van der Waals surface area contributed by atoms with E-state index in [1.165, 1.54) is 0 Å². The van der Waals surface area contributed by atoms with Gasteiger partial charge in [0.2, 0.25) is 0 Å². The zero-order valence-electron chi connectivity index (χ0n) is 14.4. The fraction of sp³-hybridized carbons (Fsp3) is 0.389. The average Bonchev–Trinajstić information content (AvgIpc) is 2.60. The lowest BCUT2D eigenvalue weighted by Crippen LogP contribution is -2.43. The van der Waals surface area contributed by atoms with Gasteiger partial charge in [-0.25, -0.2) is 4.79 Å². The first-order valence-electron chi connectivity index (χ1n) is 8.11. The van der Waals surface area contributed by atoms with E-state index in [1.807, 2.05) is 49.3 Å². The van der Waals surface area contributed by atoms with Crippen LogP contribution in [0, 0.1) is 0 Å². The predicted molar refractivity (Wildman–Crippen MR) is 94.5 cm³/mol. The molecular weight excluding hydrogens is 302 g/mol. The molecule has 0 radical (unpaired) electrons. The topological polar surface area (TPSA) is 61.4 Å². The Balaban J connectivity index is 1.88. The van der Waals surface area contributed by atoms with Gasteiger partial charge in [-0.05, 0) is 37.9 Å². The highest BCUT2D eigenvalue weighted by molar-refractivity contribution is 5.74. The number of hydrogen-bond acceptors (Lipinski definition) is 4. The normalized spacial score (nSPS) is 10.6. The van der Waals surface area contributed by atoms with Crippen LogP contribution in [0.3, 0.4) is 0 Å².